The summed E-state index contributed by atoms with van der Waals surface area (Å²) >= 11 is 0. The number of benzene rings is 1. The molecule has 1 rings (SSSR count). The first kappa shape index (κ1) is 17.8. The highest BCUT2D eigenvalue weighted by Gasteiger charge is 2.21. The molecule has 0 fully saturated rings. The van der Waals surface area contributed by atoms with Gasteiger partial charge >= 0.3 is 0 Å². The van der Waals surface area contributed by atoms with Gasteiger partial charge in [-0.1, -0.05) is 26.3 Å². The van der Waals surface area contributed by atoms with Gasteiger partial charge in [0.1, 0.15) is 0 Å². The first-order valence-corrected chi connectivity index (χ1v) is 8.83. The van der Waals surface area contributed by atoms with Crippen LogP contribution in [0.15, 0.2) is 18.2 Å². The number of nitrogens with two attached hydrogens (primary N) is 1. The maximum atomic E-state index is 12.1. The van der Waals surface area contributed by atoms with Gasteiger partial charge in [0.25, 0.3) is 0 Å². The molecule has 1 aromatic rings. The van der Waals surface area contributed by atoms with Crippen LogP contribution >= 0.6 is 0 Å². The van der Waals surface area contributed by atoms with Gasteiger partial charge in [0, 0.05) is 6.04 Å². The zero-order chi connectivity index (χ0) is 16.0. The second-order valence-electron chi connectivity index (χ2n) is 5.31. The minimum atomic E-state index is -3.17. The van der Waals surface area contributed by atoms with Crippen LogP contribution in [0.3, 0.4) is 0 Å². The van der Waals surface area contributed by atoms with Crippen molar-refractivity contribution in [3.8, 4) is 11.5 Å². The smallest absolute Gasteiger partial charge is 0.161 e. The maximum Gasteiger partial charge on any atom is 0.161 e. The predicted molar refractivity (Wildman–Crippen MR) is 84.6 cm³/mol. The topological polar surface area (TPSA) is 78.6 Å². The van der Waals surface area contributed by atoms with Crippen molar-refractivity contribution in [2.45, 2.75) is 26.3 Å². The van der Waals surface area contributed by atoms with Crippen LogP contribution < -0.4 is 15.2 Å². The maximum absolute atomic E-state index is 12.1. The number of rotatable bonds is 8. The van der Waals surface area contributed by atoms with Crippen molar-refractivity contribution in [1.29, 1.82) is 0 Å². The first-order valence-electron chi connectivity index (χ1n) is 7.00. The molecule has 2 unspecified atom stereocenters. The fourth-order valence-electron chi connectivity index (χ4n) is 2.07. The normalized spacial score (nSPS) is 14.5. The average Bonchev–Trinajstić information content (AvgIpc) is 2.45. The molecule has 0 amide bonds. The van der Waals surface area contributed by atoms with E-state index in [4.69, 9.17) is 15.2 Å². The first-order chi connectivity index (χ1) is 9.82. The monoisotopic (exact) mass is 315 g/mol. The lowest BCUT2D eigenvalue weighted by atomic mass is 10.1. The fraction of sp³-hybridized carbons (Fsp3) is 0.600. The molecule has 5 nitrogen and oxygen atoms in total. The van der Waals surface area contributed by atoms with E-state index in [-0.39, 0.29) is 17.4 Å². The zero-order valence-corrected chi connectivity index (χ0v) is 13.9. The second kappa shape index (κ2) is 7.66. The van der Waals surface area contributed by atoms with Gasteiger partial charge in [0.05, 0.1) is 25.7 Å². The molecule has 0 aliphatic heterocycles. The summed E-state index contributed by atoms with van der Waals surface area (Å²) in [5, 5.41) is 0. The Kier molecular flexibility index (Phi) is 6.48. The Morgan fingerprint density at radius 3 is 2.29 bits per heavy atom. The Morgan fingerprint density at radius 2 is 1.76 bits per heavy atom. The lowest BCUT2D eigenvalue weighted by molar-refractivity contribution is 0.354. The molecular weight excluding hydrogens is 290 g/mol. The van der Waals surface area contributed by atoms with Gasteiger partial charge in [0.15, 0.2) is 21.3 Å². The molecule has 6 heteroatoms. The minimum absolute atomic E-state index is 0.0627. The zero-order valence-electron chi connectivity index (χ0n) is 13.1. The molecule has 0 saturated heterocycles. The van der Waals surface area contributed by atoms with Crippen molar-refractivity contribution in [3.05, 3.63) is 23.8 Å². The van der Waals surface area contributed by atoms with Gasteiger partial charge in [0.2, 0.25) is 0 Å². The molecule has 0 radical (unpaired) electrons. The van der Waals surface area contributed by atoms with E-state index in [1.165, 1.54) is 7.11 Å². The highest BCUT2D eigenvalue weighted by molar-refractivity contribution is 7.91. The average molecular weight is 315 g/mol. The third-order valence-electron chi connectivity index (χ3n) is 3.50. The molecule has 0 bridgehead atoms. The number of sulfone groups is 1. The van der Waals surface area contributed by atoms with Gasteiger partial charge in [-0.2, -0.15) is 0 Å². The molecular formula is C15H25NO4S. The lowest BCUT2D eigenvalue weighted by Crippen LogP contribution is -2.25. The summed E-state index contributed by atoms with van der Waals surface area (Å²) in [5.41, 5.74) is 6.76. The third kappa shape index (κ3) is 5.21. The third-order valence-corrected chi connectivity index (χ3v) is 5.45. The SMILES string of the molecule is CCC(C)CS(=O)(=O)CC(N)c1ccc(OC)c(OC)c1. The Labute approximate surface area is 127 Å². The van der Waals surface area contributed by atoms with Crippen LogP contribution in [0, 0.1) is 5.92 Å². The van der Waals surface area contributed by atoms with Crippen molar-refractivity contribution in [2.24, 2.45) is 11.7 Å². The number of ether oxygens (including phenoxy) is 2. The van der Waals surface area contributed by atoms with Crippen LogP contribution in [-0.4, -0.2) is 34.1 Å². The second-order valence-corrected chi connectivity index (χ2v) is 7.47. The summed E-state index contributed by atoms with van der Waals surface area (Å²) in [6, 6.07) is 4.65. The van der Waals surface area contributed by atoms with Crippen molar-refractivity contribution in [2.75, 3.05) is 25.7 Å². The van der Waals surface area contributed by atoms with Crippen LogP contribution in [0.4, 0.5) is 0 Å². The molecule has 0 spiro atoms. The number of hydrogen-bond acceptors (Lipinski definition) is 5. The van der Waals surface area contributed by atoms with Gasteiger partial charge in [-0.15, -0.1) is 0 Å². The quantitative estimate of drug-likeness (QED) is 0.795. The van der Waals surface area contributed by atoms with Crippen LogP contribution in [0.2, 0.25) is 0 Å². The van der Waals surface area contributed by atoms with Gasteiger partial charge in [-0.25, -0.2) is 8.42 Å². The van der Waals surface area contributed by atoms with E-state index in [9.17, 15) is 8.42 Å². The van der Waals surface area contributed by atoms with E-state index in [0.717, 1.165) is 12.0 Å². The van der Waals surface area contributed by atoms with Crippen molar-refractivity contribution in [3.63, 3.8) is 0 Å². The Hall–Kier alpha value is -1.27. The van der Waals surface area contributed by atoms with Gasteiger partial charge in [-0.3, -0.25) is 0 Å². The highest BCUT2D eigenvalue weighted by atomic mass is 32.2. The molecule has 0 aliphatic carbocycles. The number of methoxy groups -OCH3 is 2. The van der Waals surface area contributed by atoms with E-state index < -0.39 is 15.9 Å². The van der Waals surface area contributed by atoms with E-state index >= 15 is 0 Å². The molecule has 1 aromatic carbocycles. The van der Waals surface area contributed by atoms with Crippen LogP contribution in [0.25, 0.3) is 0 Å². The standard InChI is InChI=1S/C15H25NO4S/c1-5-11(2)9-21(17,18)10-13(16)12-6-7-14(19-3)15(8-12)20-4/h6-8,11,13H,5,9-10,16H2,1-4H3. The molecule has 2 N–H and O–H groups in total. The Balaban J connectivity index is 2.86. The lowest BCUT2D eigenvalue weighted by Gasteiger charge is -2.16. The largest absolute Gasteiger partial charge is 0.493 e. The Morgan fingerprint density at radius 1 is 1.14 bits per heavy atom. The van der Waals surface area contributed by atoms with E-state index in [2.05, 4.69) is 0 Å². The van der Waals surface area contributed by atoms with Crippen LogP contribution in [-0.2, 0) is 9.84 Å². The predicted octanol–water partition coefficient (Wildman–Crippen LogP) is 2.16. The summed E-state index contributed by atoms with van der Waals surface area (Å²) in [5.74, 6) is 1.39. The molecule has 0 heterocycles. The van der Waals surface area contributed by atoms with Crippen molar-refractivity contribution in [1.82, 2.24) is 0 Å². The van der Waals surface area contributed by atoms with Crippen LogP contribution in [0.1, 0.15) is 31.9 Å². The summed E-state index contributed by atoms with van der Waals surface area (Å²) in [6.45, 7) is 3.91. The van der Waals surface area contributed by atoms with Gasteiger partial charge in [-0.05, 0) is 23.6 Å². The van der Waals surface area contributed by atoms with E-state index in [1.54, 1.807) is 25.3 Å². The molecule has 0 saturated carbocycles. The highest BCUT2D eigenvalue weighted by Crippen LogP contribution is 2.29. The molecule has 0 aliphatic rings. The van der Waals surface area contributed by atoms with E-state index in [1.807, 2.05) is 13.8 Å². The summed E-state index contributed by atoms with van der Waals surface area (Å²) in [4.78, 5) is 0. The Bertz CT molecular complexity index is 557. The molecule has 21 heavy (non-hydrogen) atoms. The van der Waals surface area contributed by atoms with Gasteiger partial charge < -0.3 is 15.2 Å². The minimum Gasteiger partial charge on any atom is -0.493 e. The molecule has 0 aromatic heterocycles. The van der Waals surface area contributed by atoms with Crippen LogP contribution in [0.5, 0.6) is 11.5 Å². The molecule has 2 atom stereocenters. The summed E-state index contributed by atoms with van der Waals surface area (Å²) in [7, 11) is -0.0884. The summed E-state index contributed by atoms with van der Waals surface area (Å²) < 4.78 is 34.6. The number of hydrogen-bond donors (Lipinski definition) is 1. The summed E-state index contributed by atoms with van der Waals surface area (Å²) in [6.07, 6.45) is 0.838. The fourth-order valence-corrected chi connectivity index (χ4v) is 4.05. The van der Waals surface area contributed by atoms with E-state index in [0.29, 0.717) is 11.5 Å². The van der Waals surface area contributed by atoms with Crippen molar-refractivity contribution >= 4 is 9.84 Å². The molecule has 120 valence electrons. The van der Waals surface area contributed by atoms with Crippen molar-refractivity contribution < 1.29 is 17.9 Å².